The highest BCUT2D eigenvalue weighted by molar-refractivity contribution is 7.89. The monoisotopic (exact) mass is 448 g/mol. The van der Waals surface area contributed by atoms with Crippen molar-refractivity contribution in [3.8, 4) is 17.2 Å². The van der Waals surface area contributed by atoms with Gasteiger partial charge < -0.3 is 19.5 Å². The predicted molar refractivity (Wildman–Crippen MR) is 117 cm³/mol. The van der Waals surface area contributed by atoms with Gasteiger partial charge in [-0.05, 0) is 41.8 Å². The highest BCUT2D eigenvalue weighted by Crippen LogP contribution is 2.35. The average molecular weight is 449 g/mol. The van der Waals surface area contributed by atoms with Crippen LogP contribution in [-0.4, -0.2) is 34.6 Å². The van der Waals surface area contributed by atoms with E-state index in [0.29, 0.717) is 30.5 Å². The first-order valence-corrected chi connectivity index (χ1v) is 11.6. The van der Waals surface area contributed by atoms with Gasteiger partial charge in [0.25, 0.3) is 0 Å². The molecule has 0 aliphatic carbocycles. The lowest BCUT2D eigenvalue weighted by molar-refractivity contribution is -0.114. The Labute approximate surface area is 182 Å². The largest absolute Gasteiger partial charge is 0.495 e. The van der Waals surface area contributed by atoms with E-state index in [1.165, 1.54) is 32.2 Å². The highest BCUT2D eigenvalue weighted by Gasteiger charge is 2.26. The molecular weight excluding hydrogens is 420 g/mol. The molecule has 1 aliphatic heterocycles. The SMILES string of the molecule is COc1ccc(S(=O)(=O)N[C@@H](c2ccc3c(c2)OCCCO3)C(C)C)cc1NC(C)=O. The lowest BCUT2D eigenvalue weighted by atomic mass is 9.97. The van der Waals surface area contributed by atoms with E-state index in [9.17, 15) is 13.2 Å². The molecule has 0 unspecified atom stereocenters. The number of methoxy groups -OCH3 is 1. The molecule has 1 atom stereocenters. The molecule has 0 bridgehead atoms. The molecule has 0 saturated carbocycles. The Morgan fingerprint density at radius 1 is 1.06 bits per heavy atom. The third-order valence-corrected chi connectivity index (χ3v) is 6.31. The van der Waals surface area contributed by atoms with Gasteiger partial charge in [-0.15, -0.1) is 0 Å². The fraction of sp³-hybridized carbons (Fsp3) is 0.409. The summed E-state index contributed by atoms with van der Waals surface area (Å²) in [5.41, 5.74) is 1.06. The molecule has 0 fully saturated rings. The number of sulfonamides is 1. The average Bonchev–Trinajstić information content (AvgIpc) is 2.96. The van der Waals surface area contributed by atoms with Gasteiger partial charge in [0.1, 0.15) is 5.75 Å². The van der Waals surface area contributed by atoms with Gasteiger partial charge in [0.2, 0.25) is 15.9 Å². The third kappa shape index (κ3) is 5.48. The number of carbonyl (C=O) groups is 1. The molecule has 168 valence electrons. The summed E-state index contributed by atoms with van der Waals surface area (Å²) in [5.74, 6) is 1.28. The van der Waals surface area contributed by atoms with Crippen molar-refractivity contribution in [2.45, 2.75) is 38.1 Å². The van der Waals surface area contributed by atoms with Gasteiger partial charge in [-0.2, -0.15) is 0 Å². The van der Waals surface area contributed by atoms with Crippen LogP contribution in [-0.2, 0) is 14.8 Å². The quantitative estimate of drug-likeness (QED) is 0.672. The molecule has 8 nitrogen and oxygen atoms in total. The maximum Gasteiger partial charge on any atom is 0.241 e. The van der Waals surface area contributed by atoms with Crippen LogP contribution in [0.25, 0.3) is 0 Å². The Morgan fingerprint density at radius 2 is 1.77 bits per heavy atom. The first-order chi connectivity index (χ1) is 14.7. The zero-order valence-corrected chi connectivity index (χ0v) is 18.9. The van der Waals surface area contributed by atoms with Gasteiger partial charge in [-0.25, -0.2) is 13.1 Å². The van der Waals surface area contributed by atoms with Crippen LogP contribution in [0.1, 0.15) is 38.8 Å². The lowest BCUT2D eigenvalue weighted by Gasteiger charge is -2.24. The van der Waals surface area contributed by atoms with Crippen molar-refractivity contribution in [2.75, 3.05) is 25.6 Å². The summed E-state index contributed by atoms with van der Waals surface area (Å²) in [6.07, 6.45) is 0.790. The number of carbonyl (C=O) groups excluding carboxylic acids is 1. The first-order valence-electron chi connectivity index (χ1n) is 10.1. The minimum absolute atomic E-state index is 0.0250. The molecule has 1 amide bonds. The van der Waals surface area contributed by atoms with E-state index in [0.717, 1.165) is 12.0 Å². The van der Waals surface area contributed by atoms with Crippen LogP contribution in [0.15, 0.2) is 41.3 Å². The van der Waals surface area contributed by atoms with Gasteiger partial charge in [0.15, 0.2) is 11.5 Å². The van der Waals surface area contributed by atoms with Gasteiger partial charge in [0.05, 0.1) is 30.9 Å². The fourth-order valence-electron chi connectivity index (χ4n) is 3.34. The van der Waals surface area contributed by atoms with Crippen LogP contribution in [0.5, 0.6) is 17.2 Å². The molecule has 0 spiro atoms. The van der Waals surface area contributed by atoms with Crippen LogP contribution >= 0.6 is 0 Å². The predicted octanol–water partition coefficient (Wildman–Crippen LogP) is 3.49. The van der Waals surface area contributed by atoms with Crippen molar-refractivity contribution in [3.05, 3.63) is 42.0 Å². The van der Waals surface area contributed by atoms with Crippen molar-refractivity contribution in [2.24, 2.45) is 5.92 Å². The van der Waals surface area contributed by atoms with E-state index in [1.807, 2.05) is 32.0 Å². The molecule has 2 N–H and O–H groups in total. The van der Waals surface area contributed by atoms with Crippen LogP contribution in [0.3, 0.4) is 0 Å². The van der Waals surface area contributed by atoms with Crippen molar-refractivity contribution in [1.29, 1.82) is 0 Å². The second-order valence-electron chi connectivity index (χ2n) is 7.64. The van der Waals surface area contributed by atoms with E-state index >= 15 is 0 Å². The third-order valence-electron chi connectivity index (χ3n) is 4.87. The molecule has 1 aliphatic rings. The number of ether oxygens (including phenoxy) is 3. The van der Waals surface area contributed by atoms with Gasteiger partial charge in [-0.3, -0.25) is 4.79 Å². The van der Waals surface area contributed by atoms with E-state index in [4.69, 9.17) is 14.2 Å². The smallest absolute Gasteiger partial charge is 0.241 e. The minimum Gasteiger partial charge on any atom is -0.495 e. The maximum absolute atomic E-state index is 13.2. The standard InChI is InChI=1S/C22H28N2O6S/c1-14(2)22(16-6-8-20-21(12-16)30-11-5-10-29-20)24-31(26,27)17-7-9-19(28-4)18(13-17)23-15(3)25/h6-9,12-14,22,24H,5,10-11H2,1-4H3,(H,23,25)/t22-/m1/s1. The number of amides is 1. The summed E-state index contributed by atoms with van der Waals surface area (Å²) in [5, 5.41) is 2.60. The van der Waals surface area contributed by atoms with Crippen LogP contribution in [0.2, 0.25) is 0 Å². The Kier molecular flexibility index (Phi) is 7.07. The van der Waals surface area contributed by atoms with Gasteiger partial charge in [0, 0.05) is 19.4 Å². The zero-order valence-electron chi connectivity index (χ0n) is 18.1. The van der Waals surface area contributed by atoms with Gasteiger partial charge >= 0.3 is 0 Å². The van der Waals surface area contributed by atoms with Gasteiger partial charge in [-0.1, -0.05) is 19.9 Å². The van der Waals surface area contributed by atoms with E-state index in [1.54, 1.807) is 0 Å². The number of fused-ring (bicyclic) bond motifs is 1. The number of anilines is 1. The van der Waals surface area contributed by atoms with Crippen molar-refractivity contribution < 1.29 is 27.4 Å². The number of hydrogen-bond donors (Lipinski definition) is 2. The number of hydrogen-bond acceptors (Lipinski definition) is 6. The molecule has 3 rings (SSSR count). The summed E-state index contributed by atoms with van der Waals surface area (Å²) >= 11 is 0. The summed E-state index contributed by atoms with van der Waals surface area (Å²) in [6.45, 7) is 6.35. The van der Waals surface area contributed by atoms with E-state index in [-0.39, 0.29) is 22.4 Å². The van der Waals surface area contributed by atoms with Crippen LogP contribution < -0.4 is 24.2 Å². The van der Waals surface area contributed by atoms with Crippen LogP contribution in [0.4, 0.5) is 5.69 Å². The topological polar surface area (TPSA) is 103 Å². The van der Waals surface area contributed by atoms with Crippen molar-refractivity contribution >= 4 is 21.6 Å². The number of nitrogens with one attached hydrogen (secondary N) is 2. The summed E-state index contributed by atoms with van der Waals surface area (Å²) in [7, 11) is -2.44. The molecule has 0 saturated heterocycles. The Morgan fingerprint density at radius 3 is 2.42 bits per heavy atom. The van der Waals surface area contributed by atoms with E-state index < -0.39 is 16.1 Å². The van der Waals surface area contributed by atoms with Crippen molar-refractivity contribution in [1.82, 2.24) is 4.72 Å². The van der Waals surface area contributed by atoms with Crippen LogP contribution in [0, 0.1) is 5.92 Å². The summed E-state index contributed by atoms with van der Waals surface area (Å²) in [4.78, 5) is 11.5. The second kappa shape index (κ2) is 9.57. The number of benzene rings is 2. The lowest BCUT2D eigenvalue weighted by Crippen LogP contribution is -2.32. The fourth-order valence-corrected chi connectivity index (χ4v) is 4.74. The molecule has 2 aromatic rings. The maximum atomic E-state index is 13.2. The molecule has 9 heteroatoms. The Bertz CT molecular complexity index is 1050. The summed E-state index contributed by atoms with van der Waals surface area (Å²) < 4.78 is 45.8. The molecule has 1 heterocycles. The molecule has 0 radical (unpaired) electrons. The second-order valence-corrected chi connectivity index (χ2v) is 9.36. The molecule has 2 aromatic carbocycles. The molecule has 0 aromatic heterocycles. The molecule has 31 heavy (non-hydrogen) atoms. The normalized spacial score (nSPS) is 14.6. The van der Waals surface area contributed by atoms with Crippen molar-refractivity contribution in [3.63, 3.8) is 0 Å². The number of rotatable bonds is 7. The van der Waals surface area contributed by atoms with E-state index in [2.05, 4.69) is 10.0 Å². The zero-order chi connectivity index (χ0) is 22.6. The minimum atomic E-state index is -3.89. The summed E-state index contributed by atoms with van der Waals surface area (Å²) in [6, 6.07) is 9.32. The Balaban J connectivity index is 1.92. The first kappa shape index (κ1) is 22.9. The Hall–Kier alpha value is -2.78. The molecular formula is C22H28N2O6S. The highest BCUT2D eigenvalue weighted by atomic mass is 32.2.